The summed E-state index contributed by atoms with van der Waals surface area (Å²) in [5.41, 5.74) is 6.64. The lowest BCUT2D eigenvalue weighted by Gasteiger charge is -2.11. The van der Waals surface area contributed by atoms with Gasteiger partial charge in [-0.15, -0.1) is 0 Å². The topological polar surface area (TPSA) is 21.3 Å². The number of hydrogen-bond donors (Lipinski definition) is 1. The van der Waals surface area contributed by atoms with Crippen LogP contribution in [0.4, 0.5) is 5.69 Å². The van der Waals surface area contributed by atoms with Crippen molar-refractivity contribution in [1.82, 2.24) is 0 Å². The summed E-state index contributed by atoms with van der Waals surface area (Å²) >= 11 is 0. The molecule has 0 spiro atoms. The van der Waals surface area contributed by atoms with Gasteiger partial charge in [-0.25, -0.2) is 0 Å². The quantitative estimate of drug-likeness (QED) is 0.657. The van der Waals surface area contributed by atoms with Crippen LogP contribution in [0.2, 0.25) is 0 Å². The zero-order valence-corrected chi connectivity index (χ0v) is 14.4. The van der Waals surface area contributed by atoms with Crippen molar-refractivity contribution in [2.24, 2.45) is 0 Å². The third-order valence-electron chi connectivity index (χ3n) is 4.74. The van der Waals surface area contributed by atoms with E-state index in [0.29, 0.717) is 6.61 Å². The fourth-order valence-electron chi connectivity index (χ4n) is 3.37. The first-order valence-corrected chi connectivity index (χ1v) is 8.98. The molecule has 3 aromatic carbocycles. The number of nitrogens with one attached hydrogen (secondary N) is 1. The van der Waals surface area contributed by atoms with Gasteiger partial charge < -0.3 is 10.1 Å². The number of fused-ring (bicyclic) bond motifs is 1. The first kappa shape index (κ1) is 15.8. The van der Waals surface area contributed by atoms with Crippen LogP contribution < -0.4 is 10.1 Å². The van der Waals surface area contributed by atoms with Gasteiger partial charge in [0, 0.05) is 12.2 Å². The Kier molecular flexibility index (Phi) is 4.69. The van der Waals surface area contributed by atoms with Gasteiger partial charge >= 0.3 is 0 Å². The molecule has 0 atom stereocenters. The molecule has 1 aliphatic carbocycles. The molecule has 0 heterocycles. The molecule has 0 saturated carbocycles. The highest BCUT2D eigenvalue weighted by Crippen LogP contribution is 2.25. The highest BCUT2D eigenvalue weighted by molar-refractivity contribution is 5.50. The molecule has 0 saturated heterocycles. The van der Waals surface area contributed by atoms with Crippen LogP contribution in [0, 0.1) is 0 Å². The number of ether oxygens (including phenoxy) is 1. The lowest BCUT2D eigenvalue weighted by molar-refractivity contribution is 0.306. The van der Waals surface area contributed by atoms with E-state index in [4.69, 9.17) is 4.74 Å². The Morgan fingerprint density at radius 2 is 1.60 bits per heavy atom. The first-order valence-electron chi connectivity index (χ1n) is 8.98. The fourth-order valence-corrected chi connectivity index (χ4v) is 3.37. The standard InChI is InChI=1S/C23H23NO/c1-2-6-18(7-3-1)17-25-23-11-4-8-19(14-23)16-24-22-13-12-20-9-5-10-21(20)15-22/h1-4,6-8,11-15,24H,5,9-10,16-17H2. The van der Waals surface area contributed by atoms with E-state index in [2.05, 4.69) is 53.8 Å². The zero-order chi connectivity index (χ0) is 16.9. The smallest absolute Gasteiger partial charge is 0.120 e. The minimum absolute atomic E-state index is 0.600. The Hall–Kier alpha value is -2.74. The molecule has 2 heteroatoms. The van der Waals surface area contributed by atoms with Crippen molar-refractivity contribution < 1.29 is 4.74 Å². The van der Waals surface area contributed by atoms with Crippen LogP contribution in [0.15, 0.2) is 72.8 Å². The third-order valence-corrected chi connectivity index (χ3v) is 4.74. The predicted octanol–water partition coefficient (Wildman–Crippen LogP) is 5.37. The van der Waals surface area contributed by atoms with Crippen LogP contribution in [0.1, 0.15) is 28.7 Å². The summed E-state index contributed by atoms with van der Waals surface area (Å²) in [6.45, 7) is 1.41. The molecule has 0 amide bonds. The molecule has 0 unspecified atom stereocenters. The molecule has 2 nitrogen and oxygen atoms in total. The Balaban J connectivity index is 1.36. The number of rotatable bonds is 6. The molecule has 0 fully saturated rings. The average Bonchev–Trinajstić information content (AvgIpc) is 3.14. The van der Waals surface area contributed by atoms with Gasteiger partial charge in [0.25, 0.3) is 0 Å². The summed E-state index contributed by atoms with van der Waals surface area (Å²) in [5.74, 6) is 0.914. The lowest BCUT2D eigenvalue weighted by atomic mass is 10.1. The van der Waals surface area contributed by atoms with Crippen molar-refractivity contribution in [1.29, 1.82) is 0 Å². The summed E-state index contributed by atoms with van der Waals surface area (Å²) in [5, 5.41) is 3.54. The van der Waals surface area contributed by atoms with E-state index in [1.165, 1.54) is 47.2 Å². The van der Waals surface area contributed by atoms with Crippen molar-refractivity contribution in [2.45, 2.75) is 32.4 Å². The van der Waals surface area contributed by atoms with Gasteiger partial charge in [-0.2, -0.15) is 0 Å². The van der Waals surface area contributed by atoms with Crippen LogP contribution in [0.5, 0.6) is 5.75 Å². The molecular weight excluding hydrogens is 306 g/mol. The lowest BCUT2D eigenvalue weighted by Crippen LogP contribution is -2.01. The first-order chi connectivity index (χ1) is 12.4. The third kappa shape index (κ3) is 4.03. The molecule has 1 aliphatic rings. The molecule has 1 N–H and O–H groups in total. The molecule has 0 radical (unpaired) electrons. The minimum atomic E-state index is 0.600. The van der Waals surface area contributed by atoms with Gasteiger partial charge in [-0.1, -0.05) is 48.5 Å². The highest BCUT2D eigenvalue weighted by atomic mass is 16.5. The van der Waals surface area contributed by atoms with E-state index in [1.54, 1.807) is 0 Å². The summed E-state index contributed by atoms with van der Waals surface area (Å²) < 4.78 is 5.92. The maximum absolute atomic E-state index is 5.92. The maximum atomic E-state index is 5.92. The number of hydrogen-bond acceptors (Lipinski definition) is 2. The normalized spacial score (nSPS) is 12.6. The van der Waals surface area contributed by atoms with E-state index in [0.717, 1.165) is 12.3 Å². The summed E-state index contributed by atoms with van der Waals surface area (Å²) in [6, 6.07) is 25.3. The molecule has 126 valence electrons. The Morgan fingerprint density at radius 1 is 0.760 bits per heavy atom. The van der Waals surface area contributed by atoms with Crippen LogP contribution in [0.3, 0.4) is 0 Å². The largest absolute Gasteiger partial charge is 0.489 e. The SMILES string of the molecule is c1ccc(COc2cccc(CNc3ccc4c(c3)CCC4)c2)cc1. The van der Waals surface area contributed by atoms with Crippen molar-refractivity contribution in [3.8, 4) is 5.75 Å². The van der Waals surface area contributed by atoms with E-state index in [9.17, 15) is 0 Å². The maximum Gasteiger partial charge on any atom is 0.120 e. The monoisotopic (exact) mass is 329 g/mol. The van der Waals surface area contributed by atoms with Crippen LogP contribution in [0.25, 0.3) is 0 Å². The number of benzene rings is 3. The fraction of sp³-hybridized carbons (Fsp3) is 0.217. The Morgan fingerprint density at radius 3 is 2.52 bits per heavy atom. The van der Waals surface area contributed by atoms with E-state index < -0.39 is 0 Å². The highest BCUT2D eigenvalue weighted by Gasteiger charge is 2.10. The predicted molar refractivity (Wildman–Crippen MR) is 103 cm³/mol. The van der Waals surface area contributed by atoms with Gasteiger partial charge in [0.15, 0.2) is 0 Å². The number of anilines is 1. The second-order valence-corrected chi connectivity index (χ2v) is 6.61. The molecule has 3 aromatic rings. The van der Waals surface area contributed by atoms with Gasteiger partial charge in [0.2, 0.25) is 0 Å². The van der Waals surface area contributed by atoms with Gasteiger partial charge in [-0.3, -0.25) is 0 Å². The molecule has 0 aliphatic heterocycles. The number of aryl methyl sites for hydroxylation is 2. The van der Waals surface area contributed by atoms with Gasteiger partial charge in [-0.05, 0) is 65.8 Å². The van der Waals surface area contributed by atoms with Crippen molar-refractivity contribution in [2.75, 3.05) is 5.32 Å². The second kappa shape index (κ2) is 7.43. The van der Waals surface area contributed by atoms with E-state index in [1.807, 2.05) is 24.3 Å². The summed E-state index contributed by atoms with van der Waals surface area (Å²) in [6.07, 6.45) is 3.74. The van der Waals surface area contributed by atoms with Gasteiger partial charge in [0.1, 0.15) is 12.4 Å². The molecule has 4 rings (SSSR count). The molecule has 0 aromatic heterocycles. The molecule has 0 bridgehead atoms. The van der Waals surface area contributed by atoms with Crippen molar-refractivity contribution >= 4 is 5.69 Å². The van der Waals surface area contributed by atoms with E-state index >= 15 is 0 Å². The van der Waals surface area contributed by atoms with Crippen LogP contribution in [-0.4, -0.2) is 0 Å². The molecule has 25 heavy (non-hydrogen) atoms. The average molecular weight is 329 g/mol. The summed E-state index contributed by atoms with van der Waals surface area (Å²) in [4.78, 5) is 0. The minimum Gasteiger partial charge on any atom is -0.489 e. The van der Waals surface area contributed by atoms with Crippen LogP contribution in [-0.2, 0) is 26.0 Å². The van der Waals surface area contributed by atoms with Gasteiger partial charge in [0.05, 0.1) is 0 Å². The van der Waals surface area contributed by atoms with Crippen molar-refractivity contribution in [3.63, 3.8) is 0 Å². The summed E-state index contributed by atoms with van der Waals surface area (Å²) in [7, 11) is 0. The van der Waals surface area contributed by atoms with Crippen LogP contribution >= 0.6 is 0 Å². The second-order valence-electron chi connectivity index (χ2n) is 6.61. The Bertz CT molecular complexity index is 842. The zero-order valence-electron chi connectivity index (χ0n) is 14.4. The Labute approximate surface area is 149 Å². The van der Waals surface area contributed by atoms with Crippen molar-refractivity contribution in [3.05, 3.63) is 95.1 Å². The molecular formula is C23H23NO. The van der Waals surface area contributed by atoms with E-state index in [-0.39, 0.29) is 0 Å².